The van der Waals surface area contributed by atoms with Gasteiger partial charge in [-0.05, 0) is 25.5 Å². The normalized spacial score (nSPS) is 24.1. The molecule has 4 nitrogen and oxygen atoms in total. The SMILES string of the molecule is CC1(O)CCN(c2cccc(Cl)c2C(=N)N)C1. The first-order valence-electron chi connectivity index (χ1n) is 5.51. The fourth-order valence-corrected chi connectivity index (χ4v) is 2.46. The van der Waals surface area contributed by atoms with Crippen molar-refractivity contribution in [2.45, 2.75) is 18.9 Å². The lowest BCUT2D eigenvalue weighted by Gasteiger charge is -2.23. The number of halogens is 1. The summed E-state index contributed by atoms with van der Waals surface area (Å²) >= 11 is 6.06. The van der Waals surface area contributed by atoms with Crippen molar-refractivity contribution in [1.82, 2.24) is 0 Å². The predicted molar refractivity (Wildman–Crippen MR) is 69.9 cm³/mol. The van der Waals surface area contributed by atoms with Crippen LogP contribution in [0, 0.1) is 5.41 Å². The standard InChI is InChI=1S/C12H16ClN3O/c1-12(17)5-6-16(7-12)9-4-2-3-8(13)10(9)11(14)15/h2-4,17H,5-7H2,1H3,(H3,14,15). The third kappa shape index (κ3) is 2.37. The maximum Gasteiger partial charge on any atom is 0.126 e. The van der Waals surface area contributed by atoms with Crippen molar-refractivity contribution in [2.75, 3.05) is 18.0 Å². The van der Waals surface area contributed by atoms with Crippen LogP contribution in [0.25, 0.3) is 0 Å². The van der Waals surface area contributed by atoms with Crippen molar-refractivity contribution in [3.05, 3.63) is 28.8 Å². The average molecular weight is 254 g/mol. The molecule has 1 saturated heterocycles. The van der Waals surface area contributed by atoms with E-state index in [-0.39, 0.29) is 5.84 Å². The van der Waals surface area contributed by atoms with Gasteiger partial charge in [0.1, 0.15) is 5.84 Å². The van der Waals surface area contributed by atoms with E-state index >= 15 is 0 Å². The Morgan fingerprint density at radius 1 is 1.59 bits per heavy atom. The van der Waals surface area contributed by atoms with Crippen molar-refractivity contribution in [1.29, 1.82) is 5.41 Å². The van der Waals surface area contributed by atoms with E-state index in [1.807, 2.05) is 24.0 Å². The van der Waals surface area contributed by atoms with Crippen LogP contribution in [0.2, 0.25) is 5.02 Å². The van der Waals surface area contributed by atoms with Crippen LogP contribution in [0.4, 0.5) is 5.69 Å². The number of nitrogens with two attached hydrogens (primary N) is 1. The molecule has 1 aromatic rings. The molecule has 1 aromatic carbocycles. The van der Waals surface area contributed by atoms with Crippen molar-refractivity contribution in [3.8, 4) is 0 Å². The van der Waals surface area contributed by atoms with Gasteiger partial charge in [0.15, 0.2) is 0 Å². The third-order valence-electron chi connectivity index (χ3n) is 3.05. The van der Waals surface area contributed by atoms with Gasteiger partial charge in [0, 0.05) is 18.8 Å². The van der Waals surface area contributed by atoms with Gasteiger partial charge in [-0.3, -0.25) is 5.41 Å². The fraction of sp³-hybridized carbons (Fsp3) is 0.417. The monoisotopic (exact) mass is 253 g/mol. The number of hydrogen-bond donors (Lipinski definition) is 3. The first kappa shape index (κ1) is 12.2. The Kier molecular flexibility index (Phi) is 3.02. The van der Waals surface area contributed by atoms with E-state index in [0.29, 0.717) is 23.6 Å². The van der Waals surface area contributed by atoms with Crippen LogP contribution < -0.4 is 10.6 Å². The number of nitrogens with zero attached hydrogens (tertiary/aromatic N) is 1. The highest BCUT2D eigenvalue weighted by atomic mass is 35.5. The molecule has 0 aliphatic carbocycles. The number of hydrogen-bond acceptors (Lipinski definition) is 3. The number of benzene rings is 1. The van der Waals surface area contributed by atoms with Gasteiger partial charge < -0.3 is 15.7 Å². The van der Waals surface area contributed by atoms with Crippen LogP contribution in [-0.4, -0.2) is 29.6 Å². The molecule has 1 aliphatic rings. The minimum Gasteiger partial charge on any atom is -0.388 e. The zero-order valence-electron chi connectivity index (χ0n) is 9.70. The molecule has 0 radical (unpaired) electrons. The largest absolute Gasteiger partial charge is 0.388 e. The van der Waals surface area contributed by atoms with Crippen molar-refractivity contribution in [2.24, 2.45) is 5.73 Å². The molecule has 1 aliphatic heterocycles. The summed E-state index contributed by atoms with van der Waals surface area (Å²) in [6.45, 7) is 3.09. The van der Waals surface area contributed by atoms with Crippen molar-refractivity contribution < 1.29 is 5.11 Å². The Morgan fingerprint density at radius 3 is 2.82 bits per heavy atom. The highest BCUT2D eigenvalue weighted by Crippen LogP contribution is 2.32. The van der Waals surface area contributed by atoms with Crippen LogP contribution in [0.1, 0.15) is 18.9 Å². The number of amidine groups is 1. The van der Waals surface area contributed by atoms with E-state index < -0.39 is 5.60 Å². The summed E-state index contributed by atoms with van der Waals surface area (Å²) in [4.78, 5) is 2.02. The van der Waals surface area contributed by atoms with Gasteiger partial charge in [-0.15, -0.1) is 0 Å². The minimum atomic E-state index is -0.684. The van der Waals surface area contributed by atoms with Crippen LogP contribution >= 0.6 is 11.6 Å². The zero-order valence-corrected chi connectivity index (χ0v) is 10.5. The second-order valence-electron chi connectivity index (χ2n) is 4.72. The van der Waals surface area contributed by atoms with Gasteiger partial charge in [-0.1, -0.05) is 17.7 Å². The zero-order chi connectivity index (χ0) is 12.6. The number of anilines is 1. The fourth-order valence-electron chi connectivity index (χ4n) is 2.19. The van der Waals surface area contributed by atoms with E-state index in [1.54, 1.807) is 6.07 Å². The van der Waals surface area contributed by atoms with Gasteiger partial charge in [0.2, 0.25) is 0 Å². The first-order chi connectivity index (χ1) is 7.91. The molecule has 5 heteroatoms. The van der Waals surface area contributed by atoms with Gasteiger partial charge in [0.05, 0.1) is 16.2 Å². The lowest BCUT2D eigenvalue weighted by atomic mass is 10.1. The summed E-state index contributed by atoms with van der Waals surface area (Å²) in [7, 11) is 0. The molecule has 1 unspecified atom stereocenters. The topological polar surface area (TPSA) is 73.3 Å². The van der Waals surface area contributed by atoms with Crippen LogP contribution in [-0.2, 0) is 0 Å². The predicted octanol–water partition coefficient (Wildman–Crippen LogP) is 1.59. The Balaban J connectivity index is 2.40. The third-order valence-corrected chi connectivity index (χ3v) is 3.37. The number of nitrogens with one attached hydrogen (secondary N) is 1. The molecule has 1 fully saturated rings. The van der Waals surface area contributed by atoms with Gasteiger partial charge in [-0.25, -0.2) is 0 Å². The minimum absolute atomic E-state index is 0.0443. The summed E-state index contributed by atoms with van der Waals surface area (Å²) in [5.74, 6) is -0.0443. The number of nitrogen functional groups attached to an aromatic ring is 1. The summed E-state index contributed by atoms with van der Waals surface area (Å²) < 4.78 is 0. The molecule has 17 heavy (non-hydrogen) atoms. The van der Waals surface area contributed by atoms with Crippen molar-refractivity contribution in [3.63, 3.8) is 0 Å². The molecule has 0 amide bonds. The summed E-state index contributed by atoms with van der Waals surface area (Å²) in [6.07, 6.45) is 0.705. The summed E-state index contributed by atoms with van der Waals surface area (Å²) in [6, 6.07) is 5.43. The van der Waals surface area contributed by atoms with Gasteiger partial charge in [-0.2, -0.15) is 0 Å². The van der Waals surface area contributed by atoms with Crippen molar-refractivity contribution >= 4 is 23.1 Å². The lowest BCUT2D eigenvalue weighted by Crippen LogP contribution is -2.31. The van der Waals surface area contributed by atoms with E-state index in [0.717, 1.165) is 12.2 Å². The molecular formula is C12H16ClN3O. The smallest absolute Gasteiger partial charge is 0.126 e. The Morgan fingerprint density at radius 2 is 2.29 bits per heavy atom. The van der Waals surface area contributed by atoms with Gasteiger partial charge in [0.25, 0.3) is 0 Å². The molecule has 0 saturated carbocycles. The molecule has 1 heterocycles. The Hall–Kier alpha value is -1.26. The molecule has 0 bridgehead atoms. The van der Waals surface area contributed by atoms with E-state index in [4.69, 9.17) is 22.7 Å². The van der Waals surface area contributed by atoms with E-state index in [1.165, 1.54) is 0 Å². The molecule has 4 N–H and O–H groups in total. The number of rotatable bonds is 2. The van der Waals surface area contributed by atoms with E-state index in [9.17, 15) is 5.11 Å². The molecule has 0 spiro atoms. The molecule has 0 aromatic heterocycles. The quantitative estimate of drug-likeness (QED) is 0.554. The molecular weight excluding hydrogens is 238 g/mol. The van der Waals surface area contributed by atoms with E-state index in [2.05, 4.69) is 0 Å². The molecule has 1 atom stereocenters. The number of β-amino-alcohol motifs (C(OH)–C–C–N with tert-alkyl or cyclic N) is 1. The first-order valence-corrected chi connectivity index (χ1v) is 5.89. The van der Waals surface area contributed by atoms with Crippen LogP contribution in [0.15, 0.2) is 18.2 Å². The second-order valence-corrected chi connectivity index (χ2v) is 5.12. The Labute approximate surface area is 105 Å². The van der Waals surface area contributed by atoms with Crippen LogP contribution in [0.5, 0.6) is 0 Å². The highest BCUT2D eigenvalue weighted by Gasteiger charge is 2.32. The highest BCUT2D eigenvalue weighted by molar-refractivity contribution is 6.34. The Bertz CT molecular complexity index is 459. The number of aliphatic hydroxyl groups is 1. The van der Waals surface area contributed by atoms with Gasteiger partial charge >= 0.3 is 0 Å². The molecule has 92 valence electrons. The lowest BCUT2D eigenvalue weighted by molar-refractivity contribution is 0.0839. The summed E-state index contributed by atoms with van der Waals surface area (Å²) in [5, 5.41) is 18.0. The van der Waals surface area contributed by atoms with Crippen LogP contribution in [0.3, 0.4) is 0 Å². The molecule has 2 rings (SSSR count). The second kappa shape index (κ2) is 4.20. The maximum atomic E-state index is 9.97. The average Bonchev–Trinajstić information content (AvgIpc) is 2.57. The summed E-state index contributed by atoms with van der Waals surface area (Å²) in [5.41, 5.74) is 6.25. The maximum absolute atomic E-state index is 9.97.